The van der Waals surface area contributed by atoms with Gasteiger partial charge in [0.05, 0.1) is 0 Å². The number of nitrogens with one attached hydrogen (secondary N) is 2. The van der Waals surface area contributed by atoms with Gasteiger partial charge < -0.3 is 0 Å². The Morgan fingerprint density at radius 2 is 2.00 bits per heavy atom. The van der Waals surface area contributed by atoms with Gasteiger partial charge in [-0.05, 0) is 0 Å². The molecule has 0 aliphatic carbocycles. The van der Waals surface area contributed by atoms with Crippen LogP contribution in [0, 0.1) is 44.2 Å². The first-order valence-electron chi connectivity index (χ1n) is 10.3. The molecular weight excluding hydrogens is 492 g/mol. The zero-order chi connectivity index (χ0) is 20.4. The van der Waals surface area contributed by atoms with Crippen LogP contribution in [0.25, 0.3) is 33.6 Å². The molecule has 6 rings (SSSR count). The van der Waals surface area contributed by atoms with E-state index in [4.69, 9.17) is 9.72 Å². The Balaban J connectivity index is 1.40. The third-order valence-corrected chi connectivity index (χ3v) is 8.38. The van der Waals surface area contributed by atoms with Crippen molar-refractivity contribution in [1.82, 2.24) is 19.9 Å². The van der Waals surface area contributed by atoms with Gasteiger partial charge in [-0.15, -0.1) is 0 Å². The Hall–Kier alpha value is -1.77. The molecule has 2 N–H and O–H groups in total. The Kier molecular flexibility index (Phi) is 4.51. The number of rotatable bonds is 3. The fourth-order valence-electron chi connectivity index (χ4n) is 4.09. The van der Waals surface area contributed by atoms with Crippen LogP contribution in [0.15, 0.2) is 36.5 Å². The van der Waals surface area contributed by atoms with Gasteiger partial charge in [-0.2, -0.15) is 0 Å². The normalized spacial score (nSPS) is 13.9. The summed E-state index contributed by atoms with van der Waals surface area (Å²) in [5.41, 5.74) is 8.28. The molecule has 6 heteroatoms. The van der Waals surface area contributed by atoms with Crippen molar-refractivity contribution < 1.29 is 48.9 Å². The van der Waals surface area contributed by atoms with Gasteiger partial charge in [0.25, 0.3) is 0 Å². The summed E-state index contributed by atoms with van der Waals surface area (Å²) < 4.78 is 8.93. The maximum absolute atomic E-state index is 6.21. The van der Waals surface area contributed by atoms with Gasteiger partial charge in [-0.3, -0.25) is 0 Å². The van der Waals surface area contributed by atoms with Crippen molar-refractivity contribution in [3.63, 3.8) is 0 Å². The van der Waals surface area contributed by atoms with Crippen LogP contribution < -0.4 is 4.93 Å². The van der Waals surface area contributed by atoms with E-state index in [1.807, 2.05) is 6.20 Å². The van der Waals surface area contributed by atoms with E-state index in [9.17, 15) is 0 Å². The van der Waals surface area contributed by atoms with Crippen molar-refractivity contribution in [2.45, 2.75) is 39.7 Å². The van der Waals surface area contributed by atoms with E-state index < -0.39 is 0 Å². The number of benzene rings is 2. The van der Waals surface area contributed by atoms with Gasteiger partial charge >= 0.3 is 202 Å². The molecule has 30 heavy (non-hydrogen) atoms. The number of aromatic amines is 2. The Morgan fingerprint density at radius 3 is 2.80 bits per heavy atom. The Bertz CT molecular complexity index is 1300. The van der Waals surface area contributed by atoms with Crippen molar-refractivity contribution in [2.24, 2.45) is 0 Å². The molecule has 2 aromatic heterocycles. The molecule has 0 fully saturated rings. The second-order valence-corrected chi connectivity index (χ2v) is 10.7. The predicted octanol–water partition coefficient (Wildman–Crippen LogP) is 4.06. The van der Waals surface area contributed by atoms with E-state index >= 15 is 0 Å². The van der Waals surface area contributed by atoms with Crippen LogP contribution in [0.2, 0.25) is 0 Å². The number of ether oxygens (including phenoxy) is 1. The quantitative estimate of drug-likeness (QED) is 0.382. The molecule has 5 nitrogen and oxygen atoms in total. The summed E-state index contributed by atoms with van der Waals surface area (Å²) in [6.07, 6.45) is 2.82. The summed E-state index contributed by atoms with van der Waals surface area (Å²) in [6.45, 7) is 7.05. The molecule has 2 aliphatic heterocycles. The summed E-state index contributed by atoms with van der Waals surface area (Å²) in [5.74, 6) is 3.48. The molecule has 2 aliphatic rings. The minimum atomic E-state index is -0.0313. The average Bonchev–Trinajstić information content (AvgIpc) is 3.46. The van der Waals surface area contributed by atoms with Crippen molar-refractivity contribution in [3.05, 3.63) is 53.7 Å². The number of aryl methyl sites for hydroxylation is 1. The van der Waals surface area contributed by atoms with E-state index in [0.717, 1.165) is 40.8 Å². The SMILES string of the molecule is CCc1ncc(-c2ccc3c(c2)COc2cc4c(cc2-3)[Xe]c2[nH]c(C(C)C)nc2-4)[nH]1. The van der Waals surface area contributed by atoms with E-state index in [0.29, 0.717) is 12.5 Å². The Labute approximate surface area is 200 Å². The monoisotopic (exact) mass is 514 g/mol. The van der Waals surface area contributed by atoms with Gasteiger partial charge in [0.15, 0.2) is 0 Å². The molecule has 0 unspecified atom stereocenters. The molecule has 152 valence electrons. The van der Waals surface area contributed by atoms with Crippen molar-refractivity contribution in [1.29, 1.82) is 0 Å². The molecule has 4 aromatic rings. The summed E-state index contributed by atoms with van der Waals surface area (Å²) in [4.78, 5) is 16.3. The van der Waals surface area contributed by atoms with Crippen molar-refractivity contribution in [3.8, 4) is 39.4 Å². The number of hydrogen-bond donors (Lipinski definition) is 2. The zero-order valence-corrected chi connectivity index (χ0v) is 19.1. The van der Waals surface area contributed by atoms with Crippen LogP contribution >= 0.6 is 0 Å². The maximum atomic E-state index is 6.21. The number of nitrogens with zero attached hydrogens (tertiary/aromatic N) is 2. The van der Waals surface area contributed by atoms with E-state index in [2.05, 4.69) is 66.1 Å². The van der Waals surface area contributed by atoms with Crippen LogP contribution in [-0.2, 0) is 13.0 Å². The number of hydrogen-bond acceptors (Lipinski definition) is 3. The molecule has 0 saturated heterocycles. The topological polar surface area (TPSA) is 66.6 Å². The first-order chi connectivity index (χ1) is 14.6. The zero-order valence-electron chi connectivity index (χ0n) is 17.1. The van der Waals surface area contributed by atoms with Gasteiger partial charge in [0.1, 0.15) is 0 Å². The van der Waals surface area contributed by atoms with Crippen molar-refractivity contribution >= 4 is 0.193 Å². The Morgan fingerprint density at radius 1 is 1.10 bits per heavy atom. The molecule has 0 amide bonds. The van der Waals surface area contributed by atoms with Crippen LogP contribution in [0.1, 0.15) is 43.9 Å². The number of aromatic nitrogens is 4. The van der Waals surface area contributed by atoms with Gasteiger partial charge in [-0.1, -0.05) is 0 Å². The molecule has 0 atom stereocenters. The first-order valence-corrected chi connectivity index (χ1v) is 12.3. The standard InChI is InChI=1S/C24H22N4OXe/c1-4-21-25-10-18(26-21)13-5-6-15-14(7-13)11-29-19-8-17-20(9-16(15)19)30-24-22(17)27-23(28-24)12(2)3/h5-10,12H,4,11H2,1-3H3,(H,25,26)(H,27,28). The second kappa shape index (κ2) is 7.14. The third-order valence-electron chi connectivity index (χ3n) is 5.77. The first kappa shape index (κ1) is 19.0. The predicted molar refractivity (Wildman–Crippen MR) is 114 cm³/mol. The van der Waals surface area contributed by atoms with Gasteiger partial charge in [-0.25, -0.2) is 0 Å². The molecule has 0 saturated carbocycles. The summed E-state index contributed by atoms with van der Waals surface area (Å²) in [5, 5.41) is 0. The molecule has 4 heterocycles. The second-order valence-electron chi connectivity index (χ2n) is 8.09. The fourth-order valence-corrected chi connectivity index (χ4v) is 6.73. The fraction of sp³-hybridized carbons (Fsp3) is 0.250. The van der Waals surface area contributed by atoms with E-state index in [1.165, 1.54) is 22.4 Å². The van der Waals surface area contributed by atoms with Crippen LogP contribution in [0.4, 0.5) is 0 Å². The average molecular weight is 514 g/mol. The van der Waals surface area contributed by atoms with Crippen LogP contribution in [0.5, 0.6) is 5.75 Å². The third kappa shape index (κ3) is 2.95. The molecular formula is C24H22N4OXe. The minimum absolute atomic E-state index is 0.0313. The number of imidazole rings is 2. The number of H-pyrrole nitrogens is 2. The summed E-state index contributed by atoms with van der Waals surface area (Å²) >= 11 is -0.0313. The van der Waals surface area contributed by atoms with E-state index in [-0.39, 0.29) is 44.2 Å². The van der Waals surface area contributed by atoms with E-state index in [1.54, 1.807) is 0 Å². The summed E-state index contributed by atoms with van der Waals surface area (Å²) in [6, 6.07) is 11.2. The van der Waals surface area contributed by atoms with Crippen LogP contribution in [-0.4, -0.2) is 19.9 Å². The number of fused-ring (bicyclic) bond motifs is 6. The molecule has 0 bridgehead atoms. The van der Waals surface area contributed by atoms with Crippen molar-refractivity contribution in [2.75, 3.05) is 0 Å². The van der Waals surface area contributed by atoms with Gasteiger partial charge in [0.2, 0.25) is 0 Å². The molecule has 0 radical (unpaired) electrons. The molecule has 0 spiro atoms. The van der Waals surface area contributed by atoms with Crippen LogP contribution in [0.3, 0.4) is 0 Å². The molecule has 2 aromatic carbocycles. The van der Waals surface area contributed by atoms with Gasteiger partial charge in [0, 0.05) is 0 Å². The summed E-state index contributed by atoms with van der Waals surface area (Å²) in [7, 11) is 0.